The molecule has 4 heteroatoms. The molecule has 82 valence electrons. The van der Waals surface area contributed by atoms with Gasteiger partial charge in [0.25, 0.3) is 0 Å². The van der Waals surface area contributed by atoms with E-state index < -0.39 is 5.54 Å². The van der Waals surface area contributed by atoms with Gasteiger partial charge in [-0.2, -0.15) is 0 Å². The number of nitrogens with one attached hydrogen (secondary N) is 1. The fraction of sp³-hybridized carbons (Fsp3) is 0.364. The lowest BCUT2D eigenvalue weighted by Crippen LogP contribution is -2.54. The van der Waals surface area contributed by atoms with Gasteiger partial charge in [0, 0.05) is 6.54 Å². The van der Waals surface area contributed by atoms with Crippen LogP contribution >= 0.6 is 12.4 Å². The van der Waals surface area contributed by atoms with Gasteiger partial charge < -0.3 is 11.1 Å². The summed E-state index contributed by atoms with van der Waals surface area (Å²) in [6.45, 7) is 0.741. The Morgan fingerprint density at radius 1 is 1.27 bits per heavy atom. The van der Waals surface area contributed by atoms with Crippen LogP contribution in [0.1, 0.15) is 18.4 Å². The molecular weight excluding hydrogens is 212 g/mol. The molecule has 1 aliphatic heterocycles. The zero-order chi connectivity index (χ0) is 10.0. The van der Waals surface area contributed by atoms with Gasteiger partial charge in [0.05, 0.1) is 0 Å². The molecule has 3 nitrogen and oxygen atoms in total. The Hall–Kier alpha value is -1.06. The van der Waals surface area contributed by atoms with Gasteiger partial charge in [-0.3, -0.25) is 4.79 Å². The van der Waals surface area contributed by atoms with Crippen molar-refractivity contribution in [3.8, 4) is 0 Å². The van der Waals surface area contributed by atoms with E-state index in [-0.39, 0.29) is 18.3 Å². The van der Waals surface area contributed by atoms with Gasteiger partial charge >= 0.3 is 0 Å². The predicted octanol–water partition coefficient (Wildman–Crippen LogP) is 1.17. The average Bonchev–Trinajstić information content (AvgIpc) is 2.24. The summed E-state index contributed by atoms with van der Waals surface area (Å²) in [7, 11) is 0. The van der Waals surface area contributed by atoms with Crippen LogP contribution in [0.15, 0.2) is 30.3 Å². The maximum Gasteiger partial charge on any atom is 0.244 e. The largest absolute Gasteiger partial charge is 0.354 e. The quantitative estimate of drug-likeness (QED) is 0.756. The highest BCUT2D eigenvalue weighted by molar-refractivity contribution is 5.88. The molecule has 0 spiro atoms. The van der Waals surface area contributed by atoms with Crippen molar-refractivity contribution in [2.75, 3.05) is 6.54 Å². The van der Waals surface area contributed by atoms with E-state index in [1.807, 2.05) is 30.3 Å². The molecule has 0 aromatic heterocycles. The number of carbonyl (C=O) groups is 1. The summed E-state index contributed by atoms with van der Waals surface area (Å²) in [5.41, 5.74) is 6.19. The second-order valence-electron chi connectivity index (χ2n) is 3.70. The number of halogens is 1. The molecule has 1 aliphatic rings. The minimum atomic E-state index is -0.820. The van der Waals surface area contributed by atoms with Crippen molar-refractivity contribution < 1.29 is 4.79 Å². The van der Waals surface area contributed by atoms with E-state index in [1.165, 1.54) is 0 Å². The molecule has 0 saturated carbocycles. The van der Waals surface area contributed by atoms with E-state index >= 15 is 0 Å². The summed E-state index contributed by atoms with van der Waals surface area (Å²) in [5, 5.41) is 2.81. The number of hydrogen-bond donors (Lipinski definition) is 2. The molecule has 1 atom stereocenters. The Labute approximate surface area is 95.5 Å². The Morgan fingerprint density at radius 2 is 1.93 bits per heavy atom. The lowest BCUT2D eigenvalue weighted by atomic mass is 9.83. The average molecular weight is 227 g/mol. The number of carbonyl (C=O) groups excluding carboxylic acids is 1. The van der Waals surface area contributed by atoms with E-state index in [0.29, 0.717) is 0 Å². The van der Waals surface area contributed by atoms with Crippen molar-refractivity contribution in [1.29, 1.82) is 0 Å². The topological polar surface area (TPSA) is 55.1 Å². The standard InChI is InChI=1S/C11H14N2O.ClH/c12-11(7-4-8-13-10(11)14)9-5-2-1-3-6-9;/h1-3,5-6H,4,7-8,12H2,(H,13,14);1H/t11-;/m0./s1. The minimum absolute atomic E-state index is 0. The third-order valence-electron chi connectivity index (χ3n) is 2.73. The smallest absolute Gasteiger partial charge is 0.244 e. The number of rotatable bonds is 1. The first-order valence-corrected chi connectivity index (χ1v) is 4.86. The summed E-state index contributed by atoms with van der Waals surface area (Å²) < 4.78 is 0. The molecule has 1 amide bonds. The zero-order valence-electron chi connectivity index (χ0n) is 8.40. The molecule has 1 heterocycles. The highest BCUT2D eigenvalue weighted by Crippen LogP contribution is 2.26. The molecule has 15 heavy (non-hydrogen) atoms. The maximum absolute atomic E-state index is 11.7. The lowest BCUT2D eigenvalue weighted by Gasteiger charge is -2.32. The van der Waals surface area contributed by atoms with Crippen LogP contribution in [-0.2, 0) is 10.3 Å². The first-order chi connectivity index (χ1) is 6.73. The van der Waals surface area contributed by atoms with Crippen molar-refractivity contribution in [3.05, 3.63) is 35.9 Å². The van der Waals surface area contributed by atoms with Gasteiger partial charge in [0.15, 0.2) is 0 Å². The van der Waals surface area contributed by atoms with Gasteiger partial charge in [0.1, 0.15) is 5.54 Å². The Morgan fingerprint density at radius 3 is 2.53 bits per heavy atom. The van der Waals surface area contributed by atoms with Crippen LogP contribution in [0.25, 0.3) is 0 Å². The number of piperidine rings is 1. The second-order valence-corrected chi connectivity index (χ2v) is 3.70. The number of amides is 1. The van der Waals surface area contributed by atoms with Crippen LogP contribution in [0, 0.1) is 0 Å². The SMILES string of the molecule is Cl.N[C@]1(c2ccccc2)CCCNC1=O. The summed E-state index contributed by atoms with van der Waals surface area (Å²) in [6.07, 6.45) is 1.67. The molecule has 3 N–H and O–H groups in total. The predicted molar refractivity (Wildman–Crippen MR) is 61.8 cm³/mol. The van der Waals surface area contributed by atoms with Gasteiger partial charge in [-0.25, -0.2) is 0 Å². The normalized spacial score (nSPS) is 25.3. The fourth-order valence-electron chi connectivity index (χ4n) is 1.85. The molecule has 1 aromatic carbocycles. The van der Waals surface area contributed by atoms with Crippen LogP contribution in [0.4, 0.5) is 0 Å². The van der Waals surface area contributed by atoms with Crippen molar-refractivity contribution in [2.45, 2.75) is 18.4 Å². The molecule has 1 fully saturated rings. The van der Waals surface area contributed by atoms with E-state index in [2.05, 4.69) is 5.32 Å². The maximum atomic E-state index is 11.7. The molecule has 1 aromatic rings. The first-order valence-electron chi connectivity index (χ1n) is 4.86. The van der Waals surface area contributed by atoms with Crippen LogP contribution in [0.3, 0.4) is 0 Å². The molecular formula is C11H15ClN2O. The first kappa shape index (κ1) is 12.0. The highest BCUT2D eigenvalue weighted by atomic mass is 35.5. The van der Waals surface area contributed by atoms with E-state index in [0.717, 1.165) is 24.9 Å². The lowest BCUT2D eigenvalue weighted by molar-refractivity contribution is -0.128. The van der Waals surface area contributed by atoms with Gasteiger partial charge in [-0.05, 0) is 18.4 Å². The second kappa shape index (κ2) is 4.64. The molecule has 0 aliphatic carbocycles. The molecule has 2 rings (SSSR count). The number of hydrogen-bond acceptors (Lipinski definition) is 2. The third-order valence-corrected chi connectivity index (χ3v) is 2.73. The molecule has 1 saturated heterocycles. The molecule has 0 radical (unpaired) electrons. The van der Waals surface area contributed by atoms with Crippen molar-refractivity contribution >= 4 is 18.3 Å². The summed E-state index contributed by atoms with van der Waals surface area (Å²) >= 11 is 0. The van der Waals surface area contributed by atoms with Crippen molar-refractivity contribution in [2.24, 2.45) is 5.73 Å². The summed E-state index contributed by atoms with van der Waals surface area (Å²) in [6, 6.07) is 9.56. The molecule has 0 unspecified atom stereocenters. The Bertz CT molecular complexity index is 342. The van der Waals surface area contributed by atoms with Crippen LogP contribution in [-0.4, -0.2) is 12.5 Å². The third kappa shape index (κ3) is 2.13. The van der Waals surface area contributed by atoms with Gasteiger partial charge in [0.2, 0.25) is 5.91 Å². The Kier molecular flexibility index (Phi) is 3.72. The van der Waals surface area contributed by atoms with E-state index in [9.17, 15) is 4.79 Å². The van der Waals surface area contributed by atoms with Gasteiger partial charge in [-0.15, -0.1) is 12.4 Å². The van der Waals surface area contributed by atoms with Crippen LogP contribution < -0.4 is 11.1 Å². The summed E-state index contributed by atoms with van der Waals surface area (Å²) in [5.74, 6) is -0.0602. The van der Waals surface area contributed by atoms with Crippen LogP contribution in [0.2, 0.25) is 0 Å². The monoisotopic (exact) mass is 226 g/mol. The van der Waals surface area contributed by atoms with Gasteiger partial charge in [-0.1, -0.05) is 30.3 Å². The highest BCUT2D eigenvalue weighted by Gasteiger charge is 2.37. The number of nitrogens with two attached hydrogens (primary N) is 1. The Balaban J connectivity index is 0.00000112. The zero-order valence-corrected chi connectivity index (χ0v) is 9.22. The summed E-state index contributed by atoms with van der Waals surface area (Å²) in [4.78, 5) is 11.7. The molecule has 0 bridgehead atoms. The van der Waals surface area contributed by atoms with E-state index in [4.69, 9.17) is 5.73 Å². The minimum Gasteiger partial charge on any atom is -0.354 e. The van der Waals surface area contributed by atoms with Crippen LogP contribution in [0.5, 0.6) is 0 Å². The fourth-order valence-corrected chi connectivity index (χ4v) is 1.85. The number of benzene rings is 1. The van der Waals surface area contributed by atoms with Crippen molar-refractivity contribution in [1.82, 2.24) is 5.32 Å². The van der Waals surface area contributed by atoms with Crippen molar-refractivity contribution in [3.63, 3.8) is 0 Å². The van der Waals surface area contributed by atoms with E-state index in [1.54, 1.807) is 0 Å².